The summed E-state index contributed by atoms with van der Waals surface area (Å²) >= 11 is 0. The first-order valence-corrected chi connectivity index (χ1v) is 10.2. The average molecular weight is 439 g/mol. The van der Waals surface area contributed by atoms with Crippen LogP contribution in [0.15, 0.2) is 54.6 Å². The monoisotopic (exact) mass is 439 g/mol. The minimum Gasteiger partial charge on any atom is -0.354 e. The van der Waals surface area contributed by atoms with Crippen molar-refractivity contribution >= 4 is 28.4 Å². The predicted molar refractivity (Wildman–Crippen MR) is 117 cm³/mol. The van der Waals surface area contributed by atoms with E-state index in [9.17, 15) is 13.2 Å². The Bertz CT molecular complexity index is 1250. The zero-order valence-corrected chi connectivity index (χ0v) is 16.9. The SMILES string of the molecule is FC(F)(F)c1ccccc1-c1nc(Nc2n[nH]c3ccccc23)cc(N2CCNCC2)n1. The Morgan fingerprint density at radius 2 is 1.69 bits per heavy atom. The molecule has 0 saturated carbocycles. The average Bonchev–Trinajstić information content (AvgIpc) is 3.22. The third-order valence-electron chi connectivity index (χ3n) is 5.34. The highest BCUT2D eigenvalue weighted by atomic mass is 19.4. The van der Waals surface area contributed by atoms with Gasteiger partial charge in [0.05, 0.1) is 11.1 Å². The van der Waals surface area contributed by atoms with Crippen LogP contribution in [0.2, 0.25) is 0 Å². The number of benzene rings is 2. The van der Waals surface area contributed by atoms with Crippen molar-refractivity contribution in [1.82, 2.24) is 25.5 Å². The Kier molecular flexibility index (Phi) is 5.14. The lowest BCUT2D eigenvalue weighted by Crippen LogP contribution is -2.44. The van der Waals surface area contributed by atoms with Crippen molar-refractivity contribution in [3.05, 3.63) is 60.2 Å². The lowest BCUT2D eigenvalue weighted by molar-refractivity contribution is -0.137. The molecule has 3 N–H and O–H groups in total. The lowest BCUT2D eigenvalue weighted by atomic mass is 10.1. The Morgan fingerprint density at radius 3 is 2.50 bits per heavy atom. The highest BCUT2D eigenvalue weighted by Gasteiger charge is 2.34. The molecule has 0 radical (unpaired) electrons. The molecule has 32 heavy (non-hydrogen) atoms. The van der Waals surface area contributed by atoms with Gasteiger partial charge in [-0.15, -0.1) is 0 Å². The van der Waals surface area contributed by atoms with E-state index in [4.69, 9.17) is 0 Å². The fraction of sp³-hybridized carbons (Fsp3) is 0.227. The molecule has 1 fully saturated rings. The maximum absolute atomic E-state index is 13.7. The van der Waals surface area contributed by atoms with Crippen LogP contribution >= 0.6 is 0 Å². The van der Waals surface area contributed by atoms with Gasteiger partial charge < -0.3 is 15.5 Å². The van der Waals surface area contributed by atoms with E-state index in [-0.39, 0.29) is 11.4 Å². The molecule has 0 amide bonds. The summed E-state index contributed by atoms with van der Waals surface area (Å²) in [4.78, 5) is 11.0. The molecule has 1 saturated heterocycles. The van der Waals surface area contributed by atoms with Crippen LogP contribution in [0.3, 0.4) is 0 Å². The minimum atomic E-state index is -4.52. The van der Waals surface area contributed by atoms with Crippen molar-refractivity contribution in [3.63, 3.8) is 0 Å². The molecule has 2 aromatic heterocycles. The van der Waals surface area contributed by atoms with Gasteiger partial charge in [0, 0.05) is 43.2 Å². The highest BCUT2D eigenvalue weighted by molar-refractivity contribution is 5.91. The van der Waals surface area contributed by atoms with Crippen LogP contribution in [0.1, 0.15) is 5.56 Å². The fourth-order valence-electron chi connectivity index (χ4n) is 3.78. The Labute approximate surface area is 181 Å². The summed E-state index contributed by atoms with van der Waals surface area (Å²) in [6.07, 6.45) is -4.52. The van der Waals surface area contributed by atoms with E-state index < -0.39 is 11.7 Å². The molecule has 164 valence electrons. The number of H-pyrrole nitrogens is 1. The van der Waals surface area contributed by atoms with Crippen LogP contribution in [-0.2, 0) is 6.18 Å². The first-order chi connectivity index (χ1) is 15.5. The third kappa shape index (κ3) is 3.96. The van der Waals surface area contributed by atoms with Gasteiger partial charge in [0.25, 0.3) is 0 Å². The van der Waals surface area contributed by atoms with Gasteiger partial charge in [-0.05, 0) is 18.2 Å². The van der Waals surface area contributed by atoms with Gasteiger partial charge in [-0.25, -0.2) is 9.97 Å². The summed E-state index contributed by atoms with van der Waals surface area (Å²) in [5.41, 5.74) is 0.00887. The number of alkyl halides is 3. The smallest absolute Gasteiger partial charge is 0.354 e. The normalized spacial score (nSPS) is 14.7. The van der Waals surface area contributed by atoms with Crippen LogP contribution in [-0.4, -0.2) is 46.3 Å². The molecule has 4 aromatic rings. The molecule has 7 nitrogen and oxygen atoms in total. The highest BCUT2D eigenvalue weighted by Crippen LogP contribution is 2.37. The van der Waals surface area contributed by atoms with Gasteiger partial charge in [0.1, 0.15) is 11.6 Å². The molecule has 10 heteroatoms. The van der Waals surface area contributed by atoms with Crippen LogP contribution in [0.5, 0.6) is 0 Å². The molecular weight excluding hydrogens is 419 g/mol. The first-order valence-electron chi connectivity index (χ1n) is 10.2. The second-order valence-corrected chi connectivity index (χ2v) is 7.46. The molecular formula is C22H20F3N7. The molecule has 5 rings (SSSR count). The molecule has 2 aromatic carbocycles. The van der Waals surface area contributed by atoms with Gasteiger partial charge in [0.2, 0.25) is 0 Å². The number of rotatable bonds is 4. The van der Waals surface area contributed by atoms with E-state index >= 15 is 0 Å². The maximum Gasteiger partial charge on any atom is 0.417 e. The number of aromatic amines is 1. The van der Waals surface area contributed by atoms with E-state index in [1.54, 1.807) is 12.1 Å². The van der Waals surface area contributed by atoms with Crippen LogP contribution in [0.25, 0.3) is 22.3 Å². The van der Waals surface area contributed by atoms with E-state index in [2.05, 4.69) is 30.8 Å². The molecule has 3 heterocycles. The number of para-hydroxylation sites is 1. The van der Waals surface area contributed by atoms with Gasteiger partial charge in [-0.1, -0.05) is 30.3 Å². The Hall–Kier alpha value is -3.66. The van der Waals surface area contributed by atoms with Gasteiger partial charge in [0.15, 0.2) is 11.6 Å². The van der Waals surface area contributed by atoms with Gasteiger partial charge in [-0.3, -0.25) is 5.10 Å². The predicted octanol–water partition coefficient (Wildman–Crippen LogP) is 4.19. The number of halogens is 3. The van der Waals surface area contributed by atoms with Crippen molar-refractivity contribution in [2.75, 3.05) is 36.4 Å². The van der Waals surface area contributed by atoms with Crippen LogP contribution < -0.4 is 15.5 Å². The molecule has 0 unspecified atom stereocenters. The van der Waals surface area contributed by atoms with E-state index in [1.165, 1.54) is 12.1 Å². The summed E-state index contributed by atoms with van der Waals surface area (Å²) in [5, 5.41) is 14.5. The van der Waals surface area contributed by atoms with Crippen molar-refractivity contribution in [2.45, 2.75) is 6.18 Å². The second-order valence-electron chi connectivity index (χ2n) is 7.46. The molecule has 0 bridgehead atoms. The number of piperazine rings is 1. The quantitative estimate of drug-likeness (QED) is 0.442. The van der Waals surface area contributed by atoms with Crippen LogP contribution in [0, 0.1) is 0 Å². The second kappa shape index (κ2) is 8.12. The zero-order valence-electron chi connectivity index (χ0n) is 16.9. The first kappa shape index (κ1) is 20.3. The van der Waals surface area contributed by atoms with Gasteiger partial charge in [-0.2, -0.15) is 18.3 Å². The number of nitrogens with one attached hydrogen (secondary N) is 3. The topological polar surface area (TPSA) is 81.8 Å². The summed E-state index contributed by atoms with van der Waals surface area (Å²) in [6.45, 7) is 2.93. The van der Waals surface area contributed by atoms with Crippen LogP contribution in [0.4, 0.5) is 30.6 Å². The summed E-state index contributed by atoms with van der Waals surface area (Å²) in [5.74, 6) is 1.49. The summed E-state index contributed by atoms with van der Waals surface area (Å²) < 4.78 is 41.0. The summed E-state index contributed by atoms with van der Waals surface area (Å²) in [6, 6.07) is 14.7. The minimum absolute atomic E-state index is 0.0105. The standard InChI is InChI=1S/C22H20F3N7/c23-22(24,25)16-7-3-1-5-14(16)20-27-18(13-19(29-20)32-11-9-26-10-12-32)28-21-15-6-2-4-8-17(15)30-31-21/h1-8,13,26H,9-12H2,(H2,27,28,29,30,31). The number of hydrogen-bond donors (Lipinski definition) is 3. The molecule has 0 atom stereocenters. The molecule has 0 spiro atoms. The van der Waals surface area contributed by atoms with E-state index in [0.29, 0.717) is 30.5 Å². The van der Waals surface area contributed by atoms with Crippen molar-refractivity contribution < 1.29 is 13.2 Å². The molecule has 1 aliphatic heterocycles. The number of nitrogens with zero attached hydrogens (tertiary/aromatic N) is 4. The Balaban J connectivity index is 1.61. The Morgan fingerprint density at radius 1 is 0.938 bits per heavy atom. The molecule has 1 aliphatic rings. The number of hydrogen-bond acceptors (Lipinski definition) is 6. The number of aromatic nitrogens is 4. The van der Waals surface area contributed by atoms with Crippen molar-refractivity contribution in [1.29, 1.82) is 0 Å². The third-order valence-corrected chi connectivity index (χ3v) is 5.34. The van der Waals surface area contributed by atoms with Gasteiger partial charge >= 0.3 is 6.18 Å². The van der Waals surface area contributed by atoms with E-state index in [1.807, 2.05) is 29.2 Å². The van der Waals surface area contributed by atoms with Crippen molar-refractivity contribution in [3.8, 4) is 11.4 Å². The fourth-order valence-corrected chi connectivity index (χ4v) is 3.78. The largest absolute Gasteiger partial charge is 0.417 e. The van der Waals surface area contributed by atoms with E-state index in [0.717, 1.165) is 30.1 Å². The zero-order chi connectivity index (χ0) is 22.1. The lowest BCUT2D eigenvalue weighted by Gasteiger charge is -2.29. The number of anilines is 3. The number of fused-ring (bicyclic) bond motifs is 1. The molecule has 0 aliphatic carbocycles. The van der Waals surface area contributed by atoms with Crippen molar-refractivity contribution in [2.24, 2.45) is 0 Å². The summed E-state index contributed by atoms with van der Waals surface area (Å²) in [7, 11) is 0. The maximum atomic E-state index is 13.7.